The number of rotatable bonds is 6. The smallest absolute Gasteiger partial charge is 0.253 e. The molecular formula is C17H24N4O. The molecule has 118 valence electrons. The lowest BCUT2D eigenvalue weighted by Crippen LogP contribution is -2.32. The molecule has 5 heteroatoms. The normalized spacial score (nSPS) is 11.0. The summed E-state index contributed by atoms with van der Waals surface area (Å²) in [6.45, 7) is 7.57. The van der Waals surface area contributed by atoms with Gasteiger partial charge in [-0.25, -0.2) is 0 Å². The van der Waals surface area contributed by atoms with Crippen molar-refractivity contribution < 1.29 is 4.79 Å². The molecule has 0 bridgehead atoms. The van der Waals surface area contributed by atoms with E-state index < -0.39 is 0 Å². The molecule has 0 saturated heterocycles. The van der Waals surface area contributed by atoms with Gasteiger partial charge in [0.1, 0.15) is 0 Å². The molecule has 0 radical (unpaired) electrons. The number of aromatic amines is 1. The first-order valence-electron chi connectivity index (χ1n) is 7.54. The first-order chi connectivity index (χ1) is 10.5. The molecule has 1 heterocycles. The van der Waals surface area contributed by atoms with Crippen molar-refractivity contribution in [2.24, 2.45) is 0 Å². The molecule has 1 aromatic carbocycles. The van der Waals surface area contributed by atoms with Crippen LogP contribution >= 0.6 is 0 Å². The SMILES string of the molecule is Cc1[nH]ncc1CNCc1ccc(C(=O)N(C)C(C)C)cc1. The summed E-state index contributed by atoms with van der Waals surface area (Å²) in [5.74, 6) is 0.0588. The molecule has 0 unspecified atom stereocenters. The Bertz CT molecular complexity index is 616. The Morgan fingerprint density at radius 2 is 1.95 bits per heavy atom. The van der Waals surface area contributed by atoms with E-state index in [2.05, 4.69) is 15.5 Å². The number of carbonyl (C=O) groups excluding carboxylic acids is 1. The highest BCUT2D eigenvalue weighted by Crippen LogP contribution is 2.09. The Morgan fingerprint density at radius 1 is 1.27 bits per heavy atom. The molecule has 0 aliphatic rings. The zero-order valence-corrected chi connectivity index (χ0v) is 13.7. The predicted molar refractivity (Wildman–Crippen MR) is 87.5 cm³/mol. The molecule has 1 amide bonds. The summed E-state index contributed by atoms with van der Waals surface area (Å²) < 4.78 is 0. The van der Waals surface area contributed by atoms with Gasteiger partial charge in [0.05, 0.1) is 6.20 Å². The molecule has 0 fully saturated rings. The second-order valence-electron chi connectivity index (χ2n) is 5.83. The standard InChI is InChI=1S/C17H24N4O/c1-12(2)21(4)17(22)15-7-5-14(6-8-15)9-18-10-16-11-19-20-13(16)3/h5-8,11-12,18H,9-10H2,1-4H3,(H,19,20). The van der Waals surface area contributed by atoms with Gasteiger partial charge in [-0.05, 0) is 38.5 Å². The lowest BCUT2D eigenvalue weighted by atomic mass is 10.1. The van der Waals surface area contributed by atoms with Crippen LogP contribution in [-0.2, 0) is 13.1 Å². The Kier molecular flexibility index (Phi) is 5.33. The summed E-state index contributed by atoms with van der Waals surface area (Å²) in [6, 6.07) is 7.97. The van der Waals surface area contributed by atoms with Crippen LogP contribution in [0.3, 0.4) is 0 Å². The second kappa shape index (κ2) is 7.22. The maximum absolute atomic E-state index is 12.2. The van der Waals surface area contributed by atoms with Gasteiger partial charge < -0.3 is 10.2 Å². The van der Waals surface area contributed by atoms with Gasteiger partial charge in [0.2, 0.25) is 0 Å². The van der Waals surface area contributed by atoms with Crippen LogP contribution in [0.4, 0.5) is 0 Å². The minimum Gasteiger partial charge on any atom is -0.339 e. The van der Waals surface area contributed by atoms with Crippen LogP contribution in [0.15, 0.2) is 30.5 Å². The van der Waals surface area contributed by atoms with E-state index in [1.807, 2.05) is 58.3 Å². The zero-order chi connectivity index (χ0) is 16.1. The number of nitrogens with zero attached hydrogens (tertiary/aromatic N) is 2. The molecule has 0 saturated carbocycles. The molecule has 0 spiro atoms. The van der Waals surface area contributed by atoms with Gasteiger partial charge in [0, 0.05) is 43.0 Å². The summed E-state index contributed by atoms with van der Waals surface area (Å²) in [5.41, 5.74) is 4.14. The summed E-state index contributed by atoms with van der Waals surface area (Å²) in [6.07, 6.45) is 1.84. The highest BCUT2D eigenvalue weighted by atomic mass is 16.2. The molecule has 2 rings (SSSR count). The van der Waals surface area contributed by atoms with Gasteiger partial charge in [0.15, 0.2) is 0 Å². The van der Waals surface area contributed by atoms with Crippen LogP contribution in [0.25, 0.3) is 0 Å². The summed E-state index contributed by atoms with van der Waals surface area (Å²) >= 11 is 0. The average Bonchev–Trinajstić information content (AvgIpc) is 2.92. The van der Waals surface area contributed by atoms with Crippen LogP contribution < -0.4 is 5.32 Å². The minimum atomic E-state index is 0.0588. The summed E-state index contributed by atoms with van der Waals surface area (Å²) in [5, 5.41) is 10.3. The maximum Gasteiger partial charge on any atom is 0.253 e. The Hall–Kier alpha value is -2.14. The fraction of sp³-hybridized carbons (Fsp3) is 0.412. The average molecular weight is 300 g/mol. The van der Waals surface area contributed by atoms with E-state index in [0.29, 0.717) is 0 Å². The number of hydrogen-bond acceptors (Lipinski definition) is 3. The third-order valence-corrected chi connectivity index (χ3v) is 3.87. The van der Waals surface area contributed by atoms with E-state index in [1.165, 1.54) is 5.56 Å². The van der Waals surface area contributed by atoms with Gasteiger partial charge in [-0.3, -0.25) is 9.89 Å². The molecule has 0 aliphatic heterocycles. The number of aryl methyl sites for hydroxylation is 1. The van der Waals surface area contributed by atoms with Crippen molar-refractivity contribution in [1.82, 2.24) is 20.4 Å². The summed E-state index contributed by atoms with van der Waals surface area (Å²) in [4.78, 5) is 13.9. The van der Waals surface area contributed by atoms with Gasteiger partial charge in [-0.1, -0.05) is 12.1 Å². The molecule has 22 heavy (non-hydrogen) atoms. The van der Waals surface area contributed by atoms with E-state index in [1.54, 1.807) is 4.90 Å². The van der Waals surface area contributed by atoms with Crippen molar-refractivity contribution in [2.75, 3.05) is 7.05 Å². The third-order valence-electron chi connectivity index (χ3n) is 3.87. The zero-order valence-electron chi connectivity index (χ0n) is 13.7. The number of hydrogen-bond donors (Lipinski definition) is 2. The highest BCUT2D eigenvalue weighted by Gasteiger charge is 2.13. The van der Waals surface area contributed by atoms with Crippen molar-refractivity contribution >= 4 is 5.91 Å². The topological polar surface area (TPSA) is 61.0 Å². The van der Waals surface area contributed by atoms with E-state index in [0.717, 1.165) is 29.9 Å². The van der Waals surface area contributed by atoms with Gasteiger partial charge >= 0.3 is 0 Å². The fourth-order valence-electron chi connectivity index (χ4n) is 2.10. The highest BCUT2D eigenvalue weighted by molar-refractivity contribution is 5.94. The summed E-state index contributed by atoms with van der Waals surface area (Å²) in [7, 11) is 1.83. The van der Waals surface area contributed by atoms with Crippen molar-refractivity contribution in [3.63, 3.8) is 0 Å². The van der Waals surface area contributed by atoms with E-state index in [4.69, 9.17) is 0 Å². The third kappa shape index (κ3) is 3.95. The van der Waals surface area contributed by atoms with E-state index >= 15 is 0 Å². The second-order valence-corrected chi connectivity index (χ2v) is 5.83. The van der Waals surface area contributed by atoms with E-state index in [9.17, 15) is 4.79 Å². The van der Waals surface area contributed by atoms with Gasteiger partial charge in [-0.15, -0.1) is 0 Å². The minimum absolute atomic E-state index is 0.0588. The monoisotopic (exact) mass is 300 g/mol. The van der Waals surface area contributed by atoms with Crippen LogP contribution in [0.1, 0.15) is 41.0 Å². The fourth-order valence-corrected chi connectivity index (χ4v) is 2.10. The number of nitrogens with one attached hydrogen (secondary N) is 2. The van der Waals surface area contributed by atoms with Crippen molar-refractivity contribution in [1.29, 1.82) is 0 Å². The molecule has 0 aliphatic carbocycles. The van der Waals surface area contributed by atoms with E-state index in [-0.39, 0.29) is 11.9 Å². The number of H-pyrrole nitrogens is 1. The first-order valence-corrected chi connectivity index (χ1v) is 7.54. The molecule has 2 N–H and O–H groups in total. The van der Waals surface area contributed by atoms with Crippen molar-refractivity contribution in [2.45, 2.75) is 39.9 Å². The van der Waals surface area contributed by atoms with Crippen molar-refractivity contribution in [3.05, 3.63) is 52.8 Å². The largest absolute Gasteiger partial charge is 0.339 e. The van der Waals surface area contributed by atoms with Crippen LogP contribution in [-0.4, -0.2) is 34.1 Å². The Labute approximate surface area is 131 Å². The Morgan fingerprint density at radius 3 is 2.50 bits per heavy atom. The maximum atomic E-state index is 12.2. The van der Waals surface area contributed by atoms with Crippen molar-refractivity contribution in [3.8, 4) is 0 Å². The molecule has 5 nitrogen and oxygen atoms in total. The Balaban J connectivity index is 1.89. The van der Waals surface area contributed by atoms with Crippen LogP contribution in [0, 0.1) is 6.92 Å². The number of aromatic nitrogens is 2. The number of benzene rings is 1. The lowest BCUT2D eigenvalue weighted by Gasteiger charge is -2.21. The van der Waals surface area contributed by atoms with Crippen LogP contribution in [0.5, 0.6) is 0 Å². The molecular weight excluding hydrogens is 276 g/mol. The molecule has 0 atom stereocenters. The quantitative estimate of drug-likeness (QED) is 0.861. The number of carbonyl (C=O) groups is 1. The first kappa shape index (κ1) is 16.2. The lowest BCUT2D eigenvalue weighted by molar-refractivity contribution is 0.0755. The molecule has 1 aromatic heterocycles. The van der Waals surface area contributed by atoms with Gasteiger partial charge in [-0.2, -0.15) is 5.10 Å². The molecule has 2 aromatic rings. The van der Waals surface area contributed by atoms with Gasteiger partial charge in [0.25, 0.3) is 5.91 Å². The number of amides is 1. The van der Waals surface area contributed by atoms with Crippen LogP contribution in [0.2, 0.25) is 0 Å². The predicted octanol–water partition coefficient (Wildman–Crippen LogP) is 2.49.